The molecule has 0 aliphatic carbocycles. The molecular formula is C19H16Cl2N4O. The van der Waals surface area contributed by atoms with Crippen LogP contribution in [0.3, 0.4) is 0 Å². The predicted octanol–water partition coefficient (Wildman–Crippen LogP) is 4.96. The number of hydrogen-bond donors (Lipinski definition) is 2. The summed E-state index contributed by atoms with van der Waals surface area (Å²) in [5, 5.41) is 6.49. The van der Waals surface area contributed by atoms with Crippen LogP contribution in [-0.2, 0) is 6.54 Å². The van der Waals surface area contributed by atoms with Gasteiger partial charge in [0, 0.05) is 12.7 Å². The molecule has 0 aliphatic rings. The normalized spacial score (nSPS) is 10.4. The minimum Gasteiger partial charge on any atom is -0.350 e. The summed E-state index contributed by atoms with van der Waals surface area (Å²) < 4.78 is 0. The van der Waals surface area contributed by atoms with Crippen LogP contribution in [0.4, 0.5) is 11.6 Å². The second-order valence-corrected chi connectivity index (χ2v) is 6.39. The Morgan fingerprint density at radius 2 is 1.88 bits per heavy atom. The first kappa shape index (κ1) is 18.2. The Morgan fingerprint density at radius 1 is 1.08 bits per heavy atom. The first-order chi connectivity index (χ1) is 12.5. The van der Waals surface area contributed by atoms with Gasteiger partial charge in [-0.3, -0.25) is 4.79 Å². The average Bonchev–Trinajstić information content (AvgIpc) is 2.65. The third-order valence-electron chi connectivity index (χ3n) is 3.79. The van der Waals surface area contributed by atoms with E-state index in [0.29, 0.717) is 23.2 Å². The number of aromatic nitrogens is 2. The smallest absolute Gasteiger partial charge is 0.274 e. The van der Waals surface area contributed by atoms with Crippen molar-refractivity contribution in [1.29, 1.82) is 0 Å². The van der Waals surface area contributed by atoms with Crippen LogP contribution in [0.15, 0.2) is 54.7 Å². The van der Waals surface area contributed by atoms with E-state index >= 15 is 0 Å². The molecule has 0 spiro atoms. The molecule has 0 bridgehead atoms. The van der Waals surface area contributed by atoms with Crippen LogP contribution in [0.1, 0.15) is 21.6 Å². The zero-order chi connectivity index (χ0) is 18.5. The Kier molecular flexibility index (Phi) is 5.71. The first-order valence-electron chi connectivity index (χ1n) is 7.91. The van der Waals surface area contributed by atoms with Gasteiger partial charge in [-0.1, -0.05) is 53.5 Å². The summed E-state index contributed by atoms with van der Waals surface area (Å²) in [6.07, 6.45) is 1.53. The SMILES string of the molecule is Cc1ccccc1CNc1nccc(C(=O)Nc2cccc(Cl)c2Cl)n1. The van der Waals surface area contributed by atoms with Gasteiger partial charge in [-0.2, -0.15) is 0 Å². The number of nitrogens with zero attached hydrogens (tertiary/aromatic N) is 2. The van der Waals surface area contributed by atoms with Gasteiger partial charge in [-0.05, 0) is 36.2 Å². The van der Waals surface area contributed by atoms with E-state index in [1.54, 1.807) is 18.2 Å². The Morgan fingerprint density at radius 3 is 2.69 bits per heavy atom. The molecule has 26 heavy (non-hydrogen) atoms. The van der Waals surface area contributed by atoms with Gasteiger partial charge in [0.1, 0.15) is 5.69 Å². The Hall–Kier alpha value is -2.63. The lowest BCUT2D eigenvalue weighted by Gasteiger charge is -2.10. The molecule has 0 saturated carbocycles. The largest absolute Gasteiger partial charge is 0.350 e. The molecule has 5 nitrogen and oxygen atoms in total. The van der Waals surface area contributed by atoms with E-state index < -0.39 is 5.91 Å². The summed E-state index contributed by atoms with van der Waals surface area (Å²) in [5.41, 5.74) is 2.96. The third kappa shape index (κ3) is 4.31. The Labute approximate surface area is 161 Å². The van der Waals surface area contributed by atoms with Gasteiger partial charge >= 0.3 is 0 Å². The topological polar surface area (TPSA) is 66.9 Å². The van der Waals surface area contributed by atoms with Gasteiger partial charge in [0.2, 0.25) is 5.95 Å². The molecule has 3 rings (SSSR count). The fourth-order valence-corrected chi connectivity index (χ4v) is 2.69. The van der Waals surface area contributed by atoms with Gasteiger partial charge in [0.25, 0.3) is 5.91 Å². The van der Waals surface area contributed by atoms with Crippen molar-refractivity contribution in [3.63, 3.8) is 0 Å². The average molecular weight is 387 g/mol. The number of nitrogens with one attached hydrogen (secondary N) is 2. The quantitative estimate of drug-likeness (QED) is 0.650. The summed E-state index contributed by atoms with van der Waals surface area (Å²) in [5.74, 6) is -0.0198. The number of amides is 1. The second-order valence-electron chi connectivity index (χ2n) is 5.60. The lowest BCUT2D eigenvalue weighted by Crippen LogP contribution is -2.15. The lowest BCUT2D eigenvalue weighted by atomic mass is 10.1. The van der Waals surface area contributed by atoms with Crippen LogP contribution < -0.4 is 10.6 Å². The van der Waals surface area contributed by atoms with Gasteiger partial charge in [0.05, 0.1) is 15.7 Å². The van der Waals surface area contributed by atoms with Crippen molar-refractivity contribution in [2.45, 2.75) is 13.5 Å². The van der Waals surface area contributed by atoms with Crippen LogP contribution in [0.2, 0.25) is 10.0 Å². The molecular weight excluding hydrogens is 371 g/mol. The van der Waals surface area contributed by atoms with E-state index in [9.17, 15) is 4.79 Å². The van der Waals surface area contributed by atoms with Gasteiger partial charge < -0.3 is 10.6 Å². The molecule has 7 heteroatoms. The number of carbonyl (C=O) groups is 1. The molecule has 132 valence electrons. The molecule has 2 N–H and O–H groups in total. The maximum atomic E-state index is 12.4. The summed E-state index contributed by atoms with van der Waals surface area (Å²) in [6.45, 7) is 2.61. The number of hydrogen-bond acceptors (Lipinski definition) is 4. The first-order valence-corrected chi connectivity index (χ1v) is 8.67. The molecule has 0 fully saturated rings. The van der Waals surface area contributed by atoms with E-state index in [1.807, 2.05) is 31.2 Å². The molecule has 3 aromatic rings. The summed E-state index contributed by atoms with van der Waals surface area (Å²) in [7, 11) is 0. The highest BCUT2D eigenvalue weighted by molar-refractivity contribution is 6.44. The molecule has 1 heterocycles. The van der Waals surface area contributed by atoms with Gasteiger partial charge in [0.15, 0.2) is 0 Å². The van der Waals surface area contributed by atoms with Crippen molar-refractivity contribution < 1.29 is 4.79 Å². The van der Waals surface area contributed by atoms with E-state index in [1.165, 1.54) is 17.8 Å². The molecule has 0 saturated heterocycles. The van der Waals surface area contributed by atoms with E-state index in [4.69, 9.17) is 23.2 Å². The third-order valence-corrected chi connectivity index (χ3v) is 4.61. The van der Waals surface area contributed by atoms with Crippen molar-refractivity contribution >= 4 is 40.7 Å². The maximum Gasteiger partial charge on any atom is 0.274 e. The number of halogens is 2. The molecule has 0 aliphatic heterocycles. The second kappa shape index (κ2) is 8.17. The van der Waals surface area contributed by atoms with Gasteiger partial charge in [-0.25, -0.2) is 9.97 Å². The number of benzene rings is 2. The molecule has 0 unspecified atom stereocenters. The minimum absolute atomic E-state index is 0.225. The summed E-state index contributed by atoms with van der Waals surface area (Å²) in [4.78, 5) is 20.8. The summed E-state index contributed by atoms with van der Waals surface area (Å²) in [6, 6.07) is 14.6. The van der Waals surface area contributed by atoms with Crippen molar-refractivity contribution in [3.05, 3.63) is 81.6 Å². The summed E-state index contributed by atoms with van der Waals surface area (Å²) >= 11 is 12.1. The zero-order valence-electron chi connectivity index (χ0n) is 14.0. The van der Waals surface area contributed by atoms with Crippen LogP contribution in [0, 0.1) is 6.92 Å². The molecule has 2 aromatic carbocycles. The molecule has 0 atom stereocenters. The van der Waals surface area contributed by atoms with Crippen LogP contribution in [-0.4, -0.2) is 15.9 Å². The fraction of sp³-hybridized carbons (Fsp3) is 0.105. The van der Waals surface area contributed by atoms with Gasteiger partial charge in [-0.15, -0.1) is 0 Å². The number of anilines is 2. The predicted molar refractivity (Wildman–Crippen MR) is 105 cm³/mol. The standard InChI is InChI=1S/C19H16Cl2N4O/c1-12-5-2-3-6-13(12)11-23-19-22-10-9-16(25-19)18(26)24-15-8-4-7-14(20)17(15)21/h2-10H,11H2,1H3,(H,24,26)(H,22,23,25). The Bertz CT molecular complexity index is 946. The van der Waals surface area contributed by atoms with E-state index in [0.717, 1.165) is 5.56 Å². The van der Waals surface area contributed by atoms with E-state index in [-0.39, 0.29) is 10.7 Å². The van der Waals surface area contributed by atoms with Crippen molar-refractivity contribution in [2.24, 2.45) is 0 Å². The maximum absolute atomic E-state index is 12.4. The lowest BCUT2D eigenvalue weighted by molar-refractivity contribution is 0.102. The minimum atomic E-state index is -0.393. The van der Waals surface area contributed by atoms with Crippen LogP contribution in [0.5, 0.6) is 0 Å². The number of rotatable bonds is 5. The van der Waals surface area contributed by atoms with Crippen LogP contribution >= 0.6 is 23.2 Å². The highest BCUT2D eigenvalue weighted by atomic mass is 35.5. The monoisotopic (exact) mass is 386 g/mol. The van der Waals surface area contributed by atoms with Crippen molar-refractivity contribution in [3.8, 4) is 0 Å². The number of carbonyl (C=O) groups excluding carboxylic acids is 1. The number of aryl methyl sites for hydroxylation is 1. The molecule has 1 aromatic heterocycles. The van der Waals surface area contributed by atoms with Crippen molar-refractivity contribution in [2.75, 3.05) is 10.6 Å². The highest BCUT2D eigenvalue weighted by Crippen LogP contribution is 2.29. The molecule has 1 amide bonds. The molecule has 0 radical (unpaired) electrons. The van der Waals surface area contributed by atoms with Crippen LogP contribution in [0.25, 0.3) is 0 Å². The highest BCUT2D eigenvalue weighted by Gasteiger charge is 2.12. The fourth-order valence-electron chi connectivity index (χ4n) is 2.34. The van der Waals surface area contributed by atoms with Crippen molar-refractivity contribution in [1.82, 2.24) is 9.97 Å². The Balaban J connectivity index is 1.71. The zero-order valence-corrected chi connectivity index (χ0v) is 15.5. The van der Waals surface area contributed by atoms with E-state index in [2.05, 4.69) is 20.6 Å².